The van der Waals surface area contributed by atoms with Crippen LogP contribution in [0.15, 0.2) is 29.2 Å². The number of aryl methyl sites for hydroxylation is 1. The average molecular weight is 284 g/mol. The van der Waals surface area contributed by atoms with E-state index in [0.717, 1.165) is 18.4 Å². The van der Waals surface area contributed by atoms with Crippen molar-refractivity contribution in [2.75, 3.05) is 13.2 Å². The Morgan fingerprint density at radius 1 is 1.26 bits per heavy atom. The number of rotatable bonds is 7. The lowest BCUT2D eigenvalue weighted by molar-refractivity contribution is 0.0152. The minimum absolute atomic E-state index is 0.106. The van der Waals surface area contributed by atoms with Crippen LogP contribution in [-0.2, 0) is 19.0 Å². The third-order valence-corrected chi connectivity index (χ3v) is 4.52. The first-order valence-corrected chi connectivity index (χ1v) is 8.01. The molecule has 0 amide bonds. The Bertz CT molecular complexity index is 503. The van der Waals surface area contributed by atoms with Crippen LogP contribution in [0.4, 0.5) is 0 Å². The standard InChI is InChI=1S/C14H20O4S/c1-3-17-14(12-6-7-12)10-18-19(15,16)13-8-4-11(2)5-9-13/h4-5,8-9,12,14H,3,6-7,10H2,1-2H3. The van der Waals surface area contributed by atoms with Crippen molar-refractivity contribution in [2.24, 2.45) is 5.92 Å². The number of ether oxygens (including phenoxy) is 1. The molecule has 1 fully saturated rings. The molecule has 1 aromatic carbocycles. The fourth-order valence-corrected chi connectivity index (χ4v) is 2.85. The van der Waals surface area contributed by atoms with Gasteiger partial charge in [-0.2, -0.15) is 8.42 Å². The minimum Gasteiger partial charge on any atom is -0.376 e. The second-order valence-electron chi connectivity index (χ2n) is 4.88. The number of benzene rings is 1. The van der Waals surface area contributed by atoms with Crippen LogP contribution >= 0.6 is 0 Å². The molecule has 1 saturated carbocycles. The van der Waals surface area contributed by atoms with E-state index in [2.05, 4.69) is 0 Å². The Hall–Kier alpha value is -0.910. The van der Waals surface area contributed by atoms with Gasteiger partial charge in [-0.05, 0) is 44.7 Å². The summed E-state index contributed by atoms with van der Waals surface area (Å²) in [5.74, 6) is 0.452. The van der Waals surface area contributed by atoms with E-state index in [-0.39, 0.29) is 17.6 Å². The van der Waals surface area contributed by atoms with Crippen molar-refractivity contribution in [2.45, 2.75) is 37.7 Å². The molecule has 5 heteroatoms. The van der Waals surface area contributed by atoms with E-state index in [0.29, 0.717) is 12.5 Å². The molecule has 0 saturated heterocycles. The first-order chi connectivity index (χ1) is 9.03. The van der Waals surface area contributed by atoms with Crippen LogP contribution in [0.25, 0.3) is 0 Å². The van der Waals surface area contributed by atoms with Gasteiger partial charge in [-0.15, -0.1) is 0 Å². The van der Waals surface area contributed by atoms with E-state index < -0.39 is 10.1 Å². The highest BCUT2D eigenvalue weighted by molar-refractivity contribution is 7.86. The second-order valence-corrected chi connectivity index (χ2v) is 6.50. The molecule has 19 heavy (non-hydrogen) atoms. The summed E-state index contributed by atoms with van der Waals surface area (Å²) in [6.45, 7) is 4.50. The van der Waals surface area contributed by atoms with Crippen molar-refractivity contribution in [3.8, 4) is 0 Å². The smallest absolute Gasteiger partial charge is 0.297 e. The van der Waals surface area contributed by atoms with Crippen LogP contribution in [0, 0.1) is 12.8 Å². The monoisotopic (exact) mass is 284 g/mol. The van der Waals surface area contributed by atoms with Gasteiger partial charge in [-0.25, -0.2) is 0 Å². The summed E-state index contributed by atoms with van der Waals surface area (Å²) in [6, 6.07) is 6.66. The summed E-state index contributed by atoms with van der Waals surface area (Å²) in [5, 5.41) is 0. The van der Waals surface area contributed by atoms with Gasteiger partial charge in [0, 0.05) is 6.61 Å². The largest absolute Gasteiger partial charge is 0.376 e. The summed E-state index contributed by atoms with van der Waals surface area (Å²) in [7, 11) is -3.68. The van der Waals surface area contributed by atoms with Gasteiger partial charge in [0.05, 0.1) is 17.6 Å². The zero-order valence-corrected chi connectivity index (χ0v) is 12.2. The molecular weight excluding hydrogens is 264 g/mol. The van der Waals surface area contributed by atoms with Crippen molar-refractivity contribution >= 4 is 10.1 Å². The molecule has 0 aliphatic heterocycles. The van der Waals surface area contributed by atoms with E-state index in [9.17, 15) is 8.42 Å². The van der Waals surface area contributed by atoms with Crippen molar-refractivity contribution < 1.29 is 17.3 Å². The summed E-state index contributed by atoms with van der Waals surface area (Å²) < 4.78 is 34.7. The predicted molar refractivity (Wildman–Crippen MR) is 72.5 cm³/mol. The van der Waals surface area contributed by atoms with Crippen LogP contribution < -0.4 is 0 Å². The third kappa shape index (κ3) is 4.03. The molecule has 1 atom stereocenters. The van der Waals surface area contributed by atoms with Gasteiger partial charge in [-0.3, -0.25) is 4.18 Å². The number of hydrogen-bond donors (Lipinski definition) is 0. The van der Waals surface area contributed by atoms with Crippen LogP contribution in [-0.4, -0.2) is 27.7 Å². The first kappa shape index (κ1) is 14.5. The molecule has 1 unspecified atom stereocenters. The average Bonchev–Trinajstić information content (AvgIpc) is 3.19. The molecular formula is C14H20O4S. The molecule has 4 nitrogen and oxygen atoms in total. The van der Waals surface area contributed by atoms with Crippen molar-refractivity contribution in [1.29, 1.82) is 0 Å². The van der Waals surface area contributed by atoms with E-state index >= 15 is 0 Å². The second kappa shape index (κ2) is 6.03. The molecule has 1 aromatic rings. The highest BCUT2D eigenvalue weighted by Gasteiger charge is 2.33. The predicted octanol–water partition coefficient (Wildman–Crippen LogP) is 2.52. The molecule has 0 spiro atoms. The highest BCUT2D eigenvalue weighted by Crippen LogP contribution is 2.34. The van der Waals surface area contributed by atoms with Gasteiger partial charge in [0.25, 0.3) is 10.1 Å². The minimum atomic E-state index is -3.68. The fraction of sp³-hybridized carbons (Fsp3) is 0.571. The van der Waals surface area contributed by atoms with Crippen LogP contribution in [0.5, 0.6) is 0 Å². The SMILES string of the molecule is CCOC(COS(=O)(=O)c1ccc(C)cc1)C1CC1. The maximum absolute atomic E-state index is 12.0. The topological polar surface area (TPSA) is 52.6 Å². The summed E-state index contributed by atoms with van der Waals surface area (Å²) in [5.41, 5.74) is 1.02. The van der Waals surface area contributed by atoms with Crippen molar-refractivity contribution in [3.05, 3.63) is 29.8 Å². The normalized spacial score (nSPS) is 17.4. The lowest BCUT2D eigenvalue weighted by Gasteiger charge is -2.16. The van der Waals surface area contributed by atoms with Gasteiger partial charge in [0.1, 0.15) is 0 Å². The summed E-state index contributed by atoms with van der Waals surface area (Å²) in [6.07, 6.45) is 2.09. The van der Waals surface area contributed by atoms with Crippen molar-refractivity contribution in [3.63, 3.8) is 0 Å². The van der Waals surface area contributed by atoms with Gasteiger partial charge >= 0.3 is 0 Å². The molecule has 1 aliphatic carbocycles. The Kier molecular flexibility index (Phi) is 4.60. The number of hydrogen-bond acceptors (Lipinski definition) is 4. The Morgan fingerprint density at radius 3 is 2.42 bits per heavy atom. The molecule has 1 aliphatic rings. The van der Waals surface area contributed by atoms with E-state index in [1.807, 2.05) is 13.8 Å². The molecule has 0 bridgehead atoms. The van der Waals surface area contributed by atoms with Crippen LogP contribution in [0.1, 0.15) is 25.3 Å². The lowest BCUT2D eigenvalue weighted by Crippen LogP contribution is -2.24. The van der Waals surface area contributed by atoms with E-state index in [4.69, 9.17) is 8.92 Å². The maximum atomic E-state index is 12.0. The third-order valence-electron chi connectivity index (χ3n) is 3.23. The highest BCUT2D eigenvalue weighted by atomic mass is 32.2. The molecule has 0 aromatic heterocycles. The quantitative estimate of drug-likeness (QED) is 0.722. The van der Waals surface area contributed by atoms with Gasteiger partial charge in [0.2, 0.25) is 0 Å². The van der Waals surface area contributed by atoms with Crippen molar-refractivity contribution in [1.82, 2.24) is 0 Å². The molecule has 106 valence electrons. The zero-order valence-electron chi connectivity index (χ0n) is 11.3. The van der Waals surface area contributed by atoms with Gasteiger partial charge in [-0.1, -0.05) is 17.7 Å². The van der Waals surface area contributed by atoms with Crippen LogP contribution in [0.3, 0.4) is 0 Å². The fourth-order valence-electron chi connectivity index (χ4n) is 1.93. The van der Waals surface area contributed by atoms with E-state index in [1.165, 1.54) is 0 Å². The Balaban J connectivity index is 1.98. The Morgan fingerprint density at radius 2 is 1.89 bits per heavy atom. The molecule has 0 heterocycles. The summed E-state index contributed by atoms with van der Waals surface area (Å²) >= 11 is 0. The van der Waals surface area contributed by atoms with E-state index in [1.54, 1.807) is 24.3 Å². The molecule has 2 rings (SSSR count). The van der Waals surface area contributed by atoms with Crippen LogP contribution in [0.2, 0.25) is 0 Å². The summed E-state index contributed by atoms with van der Waals surface area (Å²) in [4.78, 5) is 0.198. The van der Waals surface area contributed by atoms with Gasteiger partial charge < -0.3 is 4.74 Å². The first-order valence-electron chi connectivity index (χ1n) is 6.60. The molecule has 0 radical (unpaired) electrons. The zero-order chi connectivity index (χ0) is 13.9. The molecule has 0 N–H and O–H groups in total. The van der Waals surface area contributed by atoms with Gasteiger partial charge in [0.15, 0.2) is 0 Å². The Labute approximate surface area is 114 Å². The maximum Gasteiger partial charge on any atom is 0.297 e. The lowest BCUT2D eigenvalue weighted by atomic mass is 10.2.